The van der Waals surface area contributed by atoms with Gasteiger partial charge in [-0.15, -0.1) is 0 Å². The lowest BCUT2D eigenvalue weighted by Crippen LogP contribution is -2.52. The van der Waals surface area contributed by atoms with E-state index in [9.17, 15) is 9.59 Å². The van der Waals surface area contributed by atoms with Crippen LogP contribution in [0.4, 0.5) is 0 Å². The van der Waals surface area contributed by atoms with Crippen molar-refractivity contribution in [2.75, 3.05) is 27.2 Å². The molecule has 0 aromatic heterocycles. The summed E-state index contributed by atoms with van der Waals surface area (Å²) in [5, 5.41) is 5.86. The Bertz CT molecular complexity index is 604. The van der Waals surface area contributed by atoms with E-state index in [2.05, 4.69) is 29.6 Å². The summed E-state index contributed by atoms with van der Waals surface area (Å²) >= 11 is 0. The summed E-state index contributed by atoms with van der Waals surface area (Å²) in [4.78, 5) is 27.4. The average molecular weight is 419 g/mol. The first-order chi connectivity index (χ1) is 14.3. The van der Waals surface area contributed by atoms with Crippen LogP contribution in [0.25, 0.3) is 0 Å². The van der Waals surface area contributed by atoms with E-state index in [0.29, 0.717) is 25.3 Å². The predicted octanol–water partition coefficient (Wildman–Crippen LogP) is 2.72. The molecule has 4 N–H and O–H groups in total. The van der Waals surface area contributed by atoms with E-state index < -0.39 is 12.1 Å². The fourth-order valence-electron chi connectivity index (χ4n) is 3.36. The number of rotatable bonds is 15. The minimum absolute atomic E-state index is 0.114. The molecule has 170 valence electrons. The Morgan fingerprint density at radius 3 is 2.23 bits per heavy atom. The summed E-state index contributed by atoms with van der Waals surface area (Å²) in [6, 6.07) is 8.48. The van der Waals surface area contributed by atoms with E-state index in [1.807, 2.05) is 44.2 Å². The van der Waals surface area contributed by atoms with E-state index >= 15 is 0 Å². The molecule has 0 saturated heterocycles. The second kappa shape index (κ2) is 15.0. The normalized spacial score (nSPS) is 13.3. The van der Waals surface area contributed by atoms with Crippen molar-refractivity contribution >= 4 is 11.8 Å². The zero-order valence-corrected chi connectivity index (χ0v) is 19.3. The van der Waals surface area contributed by atoms with Gasteiger partial charge in [-0.2, -0.15) is 0 Å². The SMILES string of the molecule is CC(C)C[C@H](NC(=O)[C@@H](N)Cc1ccccc1)C(=O)NCCCCCCCN(C)C. The number of hydrogen-bond donors (Lipinski definition) is 3. The van der Waals surface area contributed by atoms with E-state index in [1.165, 1.54) is 19.3 Å². The summed E-state index contributed by atoms with van der Waals surface area (Å²) in [5.74, 6) is -0.0970. The number of unbranched alkanes of at least 4 members (excludes halogenated alkanes) is 4. The number of nitrogens with zero attached hydrogens (tertiary/aromatic N) is 1. The predicted molar refractivity (Wildman–Crippen MR) is 124 cm³/mol. The van der Waals surface area contributed by atoms with E-state index in [0.717, 1.165) is 24.9 Å². The number of amides is 2. The molecule has 0 saturated carbocycles. The van der Waals surface area contributed by atoms with Crippen LogP contribution in [0.5, 0.6) is 0 Å². The molecule has 1 aromatic carbocycles. The van der Waals surface area contributed by atoms with Crippen LogP contribution in [0.3, 0.4) is 0 Å². The molecule has 1 aromatic rings. The molecule has 0 heterocycles. The van der Waals surface area contributed by atoms with Gasteiger partial charge in [-0.3, -0.25) is 9.59 Å². The van der Waals surface area contributed by atoms with E-state index in [4.69, 9.17) is 5.73 Å². The first-order valence-electron chi connectivity index (χ1n) is 11.3. The standard InChI is InChI=1S/C24H42N4O2/c1-19(2)17-22(24(30)26-15-11-6-5-7-12-16-28(3)4)27-23(29)21(25)18-20-13-9-8-10-14-20/h8-10,13-14,19,21-22H,5-7,11-12,15-18,25H2,1-4H3,(H,26,30)(H,27,29)/t21-,22-/m0/s1. The second-order valence-electron chi connectivity index (χ2n) is 8.85. The Kier molecular flexibility index (Phi) is 13.0. The van der Waals surface area contributed by atoms with Gasteiger partial charge in [0.2, 0.25) is 11.8 Å². The number of nitrogens with two attached hydrogens (primary N) is 1. The highest BCUT2D eigenvalue weighted by molar-refractivity contribution is 5.89. The first kappa shape index (κ1) is 26.1. The summed E-state index contributed by atoms with van der Waals surface area (Å²) in [6.45, 7) is 5.86. The van der Waals surface area contributed by atoms with Gasteiger partial charge in [0.05, 0.1) is 6.04 Å². The molecular formula is C24H42N4O2. The highest BCUT2D eigenvalue weighted by Gasteiger charge is 2.24. The monoisotopic (exact) mass is 418 g/mol. The van der Waals surface area contributed by atoms with Gasteiger partial charge >= 0.3 is 0 Å². The van der Waals surface area contributed by atoms with Gasteiger partial charge in [-0.05, 0) is 57.8 Å². The Hall–Kier alpha value is -1.92. The van der Waals surface area contributed by atoms with Crippen molar-refractivity contribution in [1.29, 1.82) is 0 Å². The minimum Gasteiger partial charge on any atom is -0.354 e. The number of carbonyl (C=O) groups excluding carboxylic acids is 2. The fourth-order valence-corrected chi connectivity index (χ4v) is 3.36. The summed E-state index contributed by atoms with van der Waals surface area (Å²) in [7, 11) is 4.19. The topological polar surface area (TPSA) is 87.5 Å². The molecule has 0 aliphatic carbocycles. The Morgan fingerprint density at radius 2 is 1.60 bits per heavy atom. The van der Waals surface area contributed by atoms with Crippen molar-refractivity contribution in [2.24, 2.45) is 11.7 Å². The Labute approximate surface area is 183 Å². The zero-order chi connectivity index (χ0) is 22.4. The molecule has 0 aliphatic rings. The van der Waals surface area contributed by atoms with Crippen molar-refractivity contribution in [1.82, 2.24) is 15.5 Å². The molecule has 2 amide bonds. The van der Waals surface area contributed by atoms with Crippen LogP contribution >= 0.6 is 0 Å². The number of hydrogen-bond acceptors (Lipinski definition) is 4. The molecule has 30 heavy (non-hydrogen) atoms. The van der Waals surface area contributed by atoms with Crippen LogP contribution in [0.15, 0.2) is 30.3 Å². The fraction of sp³-hybridized carbons (Fsp3) is 0.667. The number of nitrogens with one attached hydrogen (secondary N) is 2. The maximum absolute atomic E-state index is 12.6. The van der Waals surface area contributed by atoms with Crippen molar-refractivity contribution in [2.45, 2.75) is 70.9 Å². The molecule has 0 aliphatic heterocycles. The van der Waals surface area contributed by atoms with Gasteiger partial charge in [0.15, 0.2) is 0 Å². The molecule has 6 nitrogen and oxygen atoms in total. The molecule has 1 rings (SSSR count). The van der Waals surface area contributed by atoms with Crippen molar-refractivity contribution in [3.8, 4) is 0 Å². The molecular weight excluding hydrogens is 376 g/mol. The third-order valence-electron chi connectivity index (χ3n) is 5.06. The third kappa shape index (κ3) is 11.9. The number of benzene rings is 1. The first-order valence-corrected chi connectivity index (χ1v) is 11.3. The molecule has 0 spiro atoms. The molecule has 0 fully saturated rings. The summed E-state index contributed by atoms with van der Waals surface area (Å²) < 4.78 is 0. The highest BCUT2D eigenvalue weighted by Crippen LogP contribution is 2.08. The van der Waals surface area contributed by atoms with Gasteiger partial charge in [-0.25, -0.2) is 0 Å². The number of carbonyl (C=O) groups is 2. The maximum Gasteiger partial charge on any atom is 0.242 e. The maximum atomic E-state index is 12.6. The second-order valence-corrected chi connectivity index (χ2v) is 8.85. The summed E-state index contributed by atoms with van der Waals surface area (Å²) in [6.07, 6.45) is 6.74. The quantitative estimate of drug-likeness (QED) is 0.382. The molecule has 0 unspecified atom stereocenters. The van der Waals surface area contributed by atoms with Crippen LogP contribution < -0.4 is 16.4 Å². The smallest absolute Gasteiger partial charge is 0.242 e. The molecule has 2 atom stereocenters. The van der Waals surface area contributed by atoms with E-state index in [-0.39, 0.29) is 11.8 Å². The van der Waals surface area contributed by atoms with Crippen LogP contribution in [0.2, 0.25) is 0 Å². The van der Waals surface area contributed by atoms with E-state index in [1.54, 1.807) is 0 Å². The lowest BCUT2D eigenvalue weighted by atomic mass is 10.0. The molecule has 0 radical (unpaired) electrons. The van der Waals surface area contributed by atoms with Gasteiger partial charge in [0, 0.05) is 6.54 Å². The largest absolute Gasteiger partial charge is 0.354 e. The van der Waals surface area contributed by atoms with Crippen LogP contribution in [0.1, 0.15) is 57.9 Å². The Morgan fingerprint density at radius 1 is 0.967 bits per heavy atom. The average Bonchev–Trinajstić information content (AvgIpc) is 2.69. The van der Waals surface area contributed by atoms with Gasteiger partial charge in [-0.1, -0.05) is 63.4 Å². The van der Waals surface area contributed by atoms with Crippen LogP contribution in [0, 0.1) is 5.92 Å². The highest BCUT2D eigenvalue weighted by atomic mass is 16.2. The van der Waals surface area contributed by atoms with Crippen molar-refractivity contribution in [3.05, 3.63) is 35.9 Å². The Balaban J connectivity index is 2.38. The van der Waals surface area contributed by atoms with Gasteiger partial charge in [0.1, 0.15) is 6.04 Å². The summed E-state index contributed by atoms with van der Waals surface area (Å²) in [5.41, 5.74) is 7.09. The lowest BCUT2D eigenvalue weighted by molar-refractivity contribution is -0.130. The minimum atomic E-state index is -0.669. The van der Waals surface area contributed by atoms with Crippen LogP contribution in [-0.2, 0) is 16.0 Å². The lowest BCUT2D eigenvalue weighted by Gasteiger charge is -2.22. The molecule has 0 bridgehead atoms. The van der Waals surface area contributed by atoms with Gasteiger partial charge in [0.25, 0.3) is 0 Å². The third-order valence-corrected chi connectivity index (χ3v) is 5.06. The zero-order valence-electron chi connectivity index (χ0n) is 19.3. The van der Waals surface area contributed by atoms with Crippen molar-refractivity contribution < 1.29 is 9.59 Å². The van der Waals surface area contributed by atoms with Crippen LogP contribution in [-0.4, -0.2) is 56.0 Å². The van der Waals surface area contributed by atoms with Gasteiger partial charge < -0.3 is 21.3 Å². The molecule has 6 heteroatoms. The van der Waals surface area contributed by atoms with Crippen molar-refractivity contribution in [3.63, 3.8) is 0 Å².